The van der Waals surface area contributed by atoms with Gasteiger partial charge in [-0.15, -0.1) is 0 Å². The largest absolute Gasteiger partial charge is 0.482 e. The van der Waals surface area contributed by atoms with Gasteiger partial charge in [-0.1, -0.05) is 12.1 Å². The lowest BCUT2D eigenvalue weighted by Crippen LogP contribution is -2.12. The number of allylic oxidation sites excluding steroid dienone is 1. The molecule has 0 saturated heterocycles. The molecule has 0 amide bonds. The van der Waals surface area contributed by atoms with Gasteiger partial charge in [-0.25, -0.2) is 9.18 Å². The molecule has 0 aromatic heterocycles. The third-order valence-corrected chi connectivity index (χ3v) is 3.67. The molecule has 0 spiro atoms. The third-order valence-electron chi connectivity index (χ3n) is 3.67. The summed E-state index contributed by atoms with van der Waals surface area (Å²) < 4.78 is 28.7. The van der Waals surface area contributed by atoms with Crippen molar-refractivity contribution >= 4 is 17.8 Å². The van der Waals surface area contributed by atoms with Gasteiger partial charge in [-0.2, -0.15) is 0 Å². The molecule has 5 nitrogen and oxygen atoms in total. The Morgan fingerprint density at radius 3 is 2.80 bits per heavy atom. The van der Waals surface area contributed by atoms with E-state index in [1.807, 2.05) is 0 Å². The molecule has 0 radical (unpaired) electrons. The molecule has 1 aliphatic rings. The first-order valence-corrected chi connectivity index (χ1v) is 7.52. The molecule has 128 valence electrons. The van der Waals surface area contributed by atoms with Gasteiger partial charge in [0, 0.05) is 6.07 Å². The maximum absolute atomic E-state index is 13.3. The number of ether oxygens (including phenoxy) is 3. The van der Waals surface area contributed by atoms with E-state index in [4.69, 9.17) is 9.47 Å². The van der Waals surface area contributed by atoms with Crippen LogP contribution in [0.3, 0.4) is 0 Å². The van der Waals surface area contributed by atoms with E-state index in [1.165, 1.54) is 31.4 Å². The van der Waals surface area contributed by atoms with E-state index >= 15 is 0 Å². The van der Waals surface area contributed by atoms with Crippen molar-refractivity contribution in [3.8, 4) is 11.5 Å². The molecule has 0 N–H and O–H groups in total. The Balaban J connectivity index is 1.88. The highest BCUT2D eigenvalue weighted by molar-refractivity contribution is 6.15. The number of benzene rings is 2. The lowest BCUT2D eigenvalue weighted by atomic mass is 10.0. The number of carbonyl (C=O) groups is 2. The Bertz CT molecular complexity index is 885. The Morgan fingerprint density at radius 1 is 1.28 bits per heavy atom. The lowest BCUT2D eigenvalue weighted by Gasteiger charge is -2.08. The predicted octanol–water partition coefficient (Wildman–Crippen LogP) is 3.30. The highest BCUT2D eigenvalue weighted by Gasteiger charge is 2.30. The van der Waals surface area contributed by atoms with E-state index in [-0.39, 0.29) is 18.1 Å². The summed E-state index contributed by atoms with van der Waals surface area (Å²) in [4.78, 5) is 23.7. The van der Waals surface area contributed by atoms with Crippen LogP contribution in [0.15, 0.2) is 42.2 Å². The van der Waals surface area contributed by atoms with Gasteiger partial charge in [0.05, 0.1) is 12.7 Å². The van der Waals surface area contributed by atoms with Crippen molar-refractivity contribution in [1.29, 1.82) is 0 Å². The van der Waals surface area contributed by atoms with Gasteiger partial charge in [0.25, 0.3) is 0 Å². The average Bonchev–Trinajstić information content (AvgIpc) is 2.89. The fourth-order valence-corrected chi connectivity index (χ4v) is 2.51. The van der Waals surface area contributed by atoms with Crippen LogP contribution in [0.1, 0.15) is 21.5 Å². The number of carbonyl (C=O) groups excluding carboxylic acids is 2. The van der Waals surface area contributed by atoms with Crippen molar-refractivity contribution in [2.24, 2.45) is 0 Å². The normalized spacial score (nSPS) is 14.2. The molecule has 25 heavy (non-hydrogen) atoms. The Hall–Kier alpha value is -3.15. The quantitative estimate of drug-likeness (QED) is 0.630. The minimum Gasteiger partial charge on any atom is -0.482 e. The van der Waals surface area contributed by atoms with Crippen LogP contribution in [0, 0.1) is 12.7 Å². The molecule has 2 aromatic rings. The van der Waals surface area contributed by atoms with Crippen LogP contribution in [0.2, 0.25) is 0 Å². The van der Waals surface area contributed by atoms with E-state index in [2.05, 4.69) is 4.74 Å². The zero-order valence-electron chi connectivity index (χ0n) is 13.7. The summed E-state index contributed by atoms with van der Waals surface area (Å²) in [5.41, 5.74) is 1.61. The number of esters is 1. The number of methoxy groups -OCH3 is 1. The molecule has 0 saturated carbocycles. The van der Waals surface area contributed by atoms with Crippen LogP contribution in [0.5, 0.6) is 11.5 Å². The molecule has 1 heterocycles. The smallest absolute Gasteiger partial charge is 0.343 e. The van der Waals surface area contributed by atoms with Crippen LogP contribution < -0.4 is 9.47 Å². The van der Waals surface area contributed by atoms with Crippen molar-refractivity contribution in [2.45, 2.75) is 6.92 Å². The molecule has 0 aliphatic carbocycles. The van der Waals surface area contributed by atoms with Crippen LogP contribution in [-0.2, 0) is 9.53 Å². The van der Waals surface area contributed by atoms with Crippen molar-refractivity contribution in [3.05, 3.63) is 64.7 Å². The fourth-order valence-electron chi connectivity index (χ4n) is 2.51. The summed E-state index contributed by atoms with van der Waals surface area (Å²) in [5.74, 6) is -0.354. The SMILES string of the molecule is COC(=O)COc1cc(C)c2c(c1)O/C(=C\c1cccc(F)c1)C2=O. The van der Waals surface area contributed by atoms with Gasteiger partial charge >= 0.3 is 5.97 Å². The van der Waals surface area contributed by atoms with E-state index in [0.717, 1.165) is 0 Å². The first kappa shape index (κ1) is 16.7. The monoisotopic (exact) mass is 342 g/mol. The highest BCUT2D eigenvalue weighted by Crippen LogP contribution is 2.37. The average molecular weight is 342 g/mol. The second-order valence-electron chi connectivity index (χ2n) is 5.47. The van der Waals surface area contributed by atoms with Crippen LogP contribution in [0.25, 0.3) is 6.08 Å². The van der Waals surface area contributed by atoms with Gasteiger partial charge in [0.1, 0.15) is 17.3 Å². The maximum atomic E-state index is 13.3. The maximum Gasteiger partial charge on any atom is 0.343 e. The van der Waals surface area contributed by atoms with E-state index in [9.17, 15) is 14.0 Å². The van der Waals surface area contributed by atoms with Gasteiger partial charge in [0.2, 0.25) is 5.78 Å². The van der Waals surface area contributed by atoms with E-state index in [1.54, 1.807) is 25.1 Å². The minimum absolute atomic E-state index is 0.105. The fraction of sp³-hybridized carbons (Fsp3) is 0.158. The number of hydrogen-bond acceptors (Lipinski definition) is 5. The Morgan fingerprint density at radius 2 is 2.08 bits per heavy atom. The highest BCUT2D eigenvalue weighted by atomic mass is 19.1. The predicted molar refractivity (Wildman–Crippen MR) is 88.0 cm³/mol. The van der Waals surface area contributed by atoms with Crippen molar-refractivity contribution < 1.29 is 28.2 Å². The number of ketones is 1. The zero-order valence-corrected chi connectivity index (χ0v) is 13.7. The number of rotatable bonds is 4. The number of aryl methyl sites for hydroxylation is 1. The van der Waals surface area contributed by atoms with Gasteiger partial charge < -0.3 is 14.2 Å². The molecular weight excluding hydrogens is 327 g/mol. The lowest BCUT2D eigenvalue weighted by molar-refractivity contribution is -0.142. The second kappa shape index (κ2) is 6.76. The molecule has 0 fully saturated rings. The summed E-state index contributed by atoms with van der Waals surface area (Å²) in [6.07, 6.45) is 1.49. The third kappa shape index (κ3) is 3.52. The molecular formula is C19H15FO5. The first-order valence-electron chi connectivity index (χ1n) is 7.52. The molecule has 0 bridgehead atoms. The van der Waals surface area contributed by atoms with Gasteiger partial charge in [-0.3, -0.25) is 4.79 Å². The summed E-state index contributed by atoms with van der Waals surface area (Å²) in [5, 5.41) is 0. The zero-order chi connectivity index (χ0) is 18.0. The standard InChI is InChI=1S/C19H15FO5/c1-11-6-14(24-10-17(21)23-2)9-15-18(11)19(22)16(25-15)8-12-4-3-5-13(20)7-12/h3-9H,10H2,1-2H3/b16-8-. The van der Waals surface area contributed by atoms with Crippen LogP contribution in [-0.4, -0.2) is 25.5 Å². The van der Waals surface area contributed by atoms with Crippen LogP contribution >= 0.6 is 0 Å². The van der Waals surface area contributed by atoms with Crippen molar-refractivity contribution in [1.82, 2.24) is 0 Å². The molecule has 0 unspecified atom stereocenters. The Kier molecular flexibility index (Phi) is 4.52. The van der Waals surface area contributed by atoms with Gasteiger partial charge in [-0.05, 0) is 42.3 Å². The first-order chi connectivity index (χ1) is 12.0. The topological polar surface area (TPSA) is 61.8 Å². The van der Waals surface area contributed by atoms with Gasteiger partial charge in [0.15, 0.2) is 12.4 Å². The van der Waals surface area contributed by atoms with E-state index < -0.39 is 11.8 Å². The number of Topliss-reactive ketones (excluding diaryl/α,β-unsaturated/α-hetero) is 1. The van der Waals surface area contributed by atoms with E-state index in [0.29, 0.717) is 28.2 Å². The van der Waals surface area contributed by atoms with Crippen LogP contribution in [0.4, 0.5) is 4.39 Å². The second-order valence-corrected chi connectivity index (χ2v) is 5.47. The minimum atomic E-state index is -0.512. The number of fused-ring (bicyclic) bond motifs is 1. The Labute approximate surface area is 143 Å². The summed E-state index contributed by atoms with van der Waals surface area (Å²) >= 11 is 0. The molecule has 3 rings (SSSR count). The van der Waals surface area contributed by atoms with Crippen molar-refractivity contribution in [3.63, 3.8) is 0 Å². The number of hydrogen-bond donors (Lipinski definition) is 0. The molecule has 6 heteroatoms. The molecule has 0 atom stereocenters. The van der Waals surface area contributed by atoms with Crippen molar-refractivity contribution in [2.75, 3.05) is 13.7 Å². The molecule has 1 aliphatic heterocycles. The summed E-state index contributed by atoms with van der Waals surface area (Å²) in [7, 11) is 1.27. The summed E-state index contributed by atoms with van der Waals surface area (Å²) in [6, 6.07) is 9.04. The number of halogens is 1. The summed E-state index contributed by atoms with van der Waals surface area (Å²) in [6.45, 7) is 1.50. The molecule has 2 aromatic carbocycles.